The molecule has 0 N–H and O–H groups in total. The van der Waals surface area contributed by atoms with E-state index in [2.05, 4.69) is 30.3 Å². The summed E-state index contributed by atoms with van der Waals surface area (Å²) in [6.07, 6.45) is 9.75. The maximum Gasteiger partial charge on any atom is 0.0945 e. The number of nitrogens with zero attached hydrogens (tertiary/aromatic N) is 2. The smallest absolute Gasteiger partial charge is 0.0945 e. The van der Waals surface area contributed by atoms with Gasteiger partial charge in [0.15, 0.2) is 0 Å². The lowest BCUT2D eigenvalue weighted by molar-refractivity contribution is 0.406. The van der Waals surface area contributed by atoms with E-state index < -0.39 is 0 Å². The van der Waals surface area contributed by atoms with Crippen molar-refractivity contribution in [3.63, 3.8) is 0 Å². The van der Waals surface area contributed by atoms with Crippen LogP contribution in [0.5, 0.6) is 0 Å². The van der Waals surface area contributed by atoms with Crippen LogP contribution in [0.1, 0.15) is 40.0 Å². The number of hydrogen-bond donors (Lipinski definition) is 0. The Morgan fingerprint density at radius 3 is 2.50 bits per heavy atom. The second-order valence-corrected chi connectivity index (χ2v) is 4.67. The minimum absolute atomic E-state index is 0.833. The summed E-state index contributed by atoms with van der Waals surface area (Å²) in [6.45, 7) is 8.05. The third-order valence-corrected chi connectivity index (χ3v) is 2.68. The molecule has 0 saturated heterocycles. The van der Waals surface area contributed by atoms with Crippen LogP contribution in [0.2, 0.25) is 0 Å². The Balaban J connectivity index is 2.12. The second kappa shape index (κ2) is 5.84. The highest BCUT2D eigenvalue weighted by Crippen LogP contribution is 2.15. The molecule has 0 saturated carbocycles. The summed E-state index contributed by atoms with van der Waals surface area (Å²) in [7, 11) is 0. The minimum atomic E-state index is 0.833. The van der Waals surface area contributed by atoms with E-state index in [1.165, 1.54) is 19.3 Å². The molecule has 2 nitrogen and oxygen atoms in total. The van der Waals surface area contributed by atoms with Gasteiger partial charge in [0.1, 0.15) is 0 Å². The van der Waals surface area contributed by atoms with Gasteiger partial charge in [0.2, 0.25) is 0 Å². The molecular formula is C12H22N2. The van der Waals surface area contributed by atoms with E-state index in [1.54, 1.807) is 0 Å². The van der Waals surface area contributed by atoms with Crippen LogP contribution in [0.15, 0.2) is 18.7 Å². The number of aryl methyl sites for hydroxylation is 1. The summed E-state index contributed by atoms with van der Waals surface area (Å²) in [5.74, 6) is 1.67. The molecule has 1 rings (SSSR count). The van der Waals surface area contributed by atoms with Crippen molar-refractivity contribution >= 4 is 0 Å². The number of imidazole rings is 1. The molecule has 1 heterocycles. The largest absolute Gasteiger partial charge is 0.337 e. The Bertz CT molecular complexity index is 226. The van der Waals surface area contributed by atoms with Crippen molar-refractivity contribution < 1.29 is 0 Å². The lowest BCUT2D eigenvalue weighted by Crippen LogP contribution is -2.03. The van der Waals surface area contributed by atoms with E-state index >= 15 is 0 Å². The molecule has 1 atom stereocenters. The van der Waals surface area contributed by atoms with E-state index in [0.717, 1.165) is 18.4 Å². The third-order valence-electron chi connectivity index (χ3n) is 2.68. The Kier molecular flexibility index (Phi) is 4.71. The summed E-state index contributed by atoms with van der Waals surface area (Å²) < 4.78 is 2.16. The van der Waals surface area contributed by atoms with E-state index in [1.807, 2.05) is 18.7 Å². The SMILES string of the molecule is CC(C)CCC(C)CCn1ccnc1. The maximum atomic E-state index is 4.04. The van der Waals surface area contributed by atoms with Crippen molar-refractivity contribution in [3.05, 3.63) is 18.7 Å². The van der Waals surface area contributed by atoms with Gasteiger partial charge in [-0.05, 0) is 18.3 Å². The number of aromatic nitrogens is 2. The average molecular weight is 194 g/mol. The Hall–Kier alpha value is -0.790. The van der Waals surface area contributed by atoms with Gasteiger partial charge >= 0.3 is 0 Å². The molecule has 0 aromatic carbocycles. The highest BCUT2D eigenvalue weighted by molar-refractivity contribution is 4.74. The fourth-order valence-corrected chi connectivity index (χ4v) is 1.55. The molecule has 0 aliphatic carbocycles. The molecule has 0 spiro atoms. The van der Waals surface area contributed by atoms with Gasteiger partial charge < -0.3 is 4.57 Å². The zero-order valence-corrected chi connectivity index (χ0v) is 9.61. The number of hydrogen-bond acceptors (Lipinski definition) is 1. The van der Waals surface area contributed by atoms with Gasteiger partial charge in [0.25, 0.3) is 0 Å². The molecule has 0 fully saturated rings. The molecule has 1 aromatic rings. The van der Waals surface area contributed by atoms with Crippen LogP contribution in [-0.2, 0) is 6.54 Å². The van der Waals surface area contributed by atoms with Crippen molar-refractivity contribution in [2.45, 2.75) is 46.6 Å². The molecule has 14 heavy (non-hydrogen) atoms. The Morgan fingerprint density at radius 2 is 1.93 bits per heavy atom. The molecule has 0 amide bonds. The molecule has 1 unspecified atom stereocenters. The predicted molar refractivity (Wildman–Crippen MR) is 60.1 cm³/mol. The molecule has 0 aliphatic heterocycles. The fourth-order valence-electron chi connectivity index (χ4n) is 1.55. The molecule has 0 bridgehead atoms. The normalized spacial score (nSPS) is 13.4. The number of rotatable bonds is 6. The monoisotopic (exact) mass is 194 g/mol. The average Bonchev–Trinajstić information content (AvgIpc) is 2.63. The van der Waals surface area contributed by atoms with Gasteiger partial charge in [-0.15, -0.1) is 0 Å². The topological polar surface area (TPSA) is 17.8 Å². The van der Waals surface area contributed by atoms with Crippen LogP contribution in [0, 0.1) is 11.8 Å². The van der Waals surface area contributed by atoms with Gasteiger partial charge in [-0.2, -0.15) is 0 Å². The van der Waals surface area contributed by atoms with Gasteiger partial charge in [0, 0.05) is 18.9 Å². The Morgan fingerprint density at radius 1 is 1.14 bits per heavy atom. The van der Waals surface area contributed by atoms with Crippen LogP contribution in [0.3, 0.4) is 0 Å². The maximum absolute atomic E-state index is 4.04. The van der Waals surface area contributed by atoms with Crippen molar-refractivity contribution in [2.75, 3.05) is 0 Å². The summed E-state index contributed by atoms with van der Waals surface area (Å²) in [4.78, 5) is 4.04. The summed E-state index contributed by atoms with van der Waals surface area (Å²) in [5, 5.41) is 0. The van der Waals surface area contributed by atoms with Crippen LogP contribution in [0.4, 0.5) is 0 Å². The van der Waals surface area contributed by atoms with Crippen molar-refractivity contribution in [2.24, 2.45) is 11.8 Å². The first-order valence-corrected chi connectivity index (χ1v) is 5.64. The van der Waals surface area contributed by atoms with E-state index in [0.29, 0.717) is 0 Å². The van der Waals surface area contributed by atoms with Gasteiger partial charge in [-0.3, -0.25) is 0 Å². The predicted octanol–water partition coefficient (Wildman–Crippen LogP) is 3.35. The minimum Gasteiger partial charge on any atom is -0.337 e. The second-order valence-electron chi connectivity index (χ2n) is 4.67. The molecular weight excluding hydrogens is 172 g/mol. The fraction of sp³-hybridized carbons (Fsp3) is 0.750. The quantitative estimate of drug-likeness (QED) is 0.679. The third kappa shape index (κ3) is 4.45. The van der Waals surface area contributed by atoms with Crippen LogP contribution in [0.25, 0.3) is 0 Å². The first kappa shape index (κ1) is 11.3. The molecule has 1 aromatic heterocycles. The first-order chi connectivity index (χ1) is 6.68. The van der Waals surface area contributed by atoms with E-state index in [9.17, 15) is 0 Å². The van der Waals surface area contributed by atoms with Gasteiger partial charge in [-0.1, -0.05) is 33.6 Å². The van der Waals surface area contributed by atoms with Crippen LogP contribution >= 0.6 is 0 Å². The van der Waals surface area contributed by atoms with Gasteiger partial charge in [-0.25, -0.2) is 4.98 Å². The van der Waals surface area contributed by atoms with Crippen molar-refractivity contribution in [1.29, 1.82) is 0 Å². The highest BCUT2D eigenvalue weighted by atomic mass is 15.0. The summed E-state index contributed by atoms with van der Waals surface area (Å²) >= 11 is 0. The van der Waals surface area contributed by atoms with Crippen LogP contribution < -0.4 is 0 Å². The summed E-state index contributed by atoms with van der Waals surface area (Å²) in [5.41, 5.74) is 0. The Labute approximate surface area is 87.4 Å². The molecule has 80 valence electrons. The summed E-state index contributed by atoms with van der Waals surface area (Å²) in [6, 6.07) is 0. The van der Waals surface area contributed by atoms with Gasteiger partial charge in [0.05, 0.1) is 6.33 Å². The van der Waals surface area contributed by atoms with Crippen molar-refractivity contribution in [3.8, 4) is 0 Å². The lowest BCUT2D eigenvalue weighted by Gasteiger charge is -2.12. The highest BCUT2D eigenvalue weighted by Gasteiger charge is 2.03. The standard InChI is InChI=1S/C12H22N2/c1-11(2)4-5-12(3)6-8-14-9-7-13-10-14/h7,9-12H,4-6,8H2,1-3H3. The first-order valence-electron chi connectivity index (χ1n) is 5.64. The van der Waals surface area contributed by atoms with E-state index in [4.69, 9.17) is 0 Å². The van der Waals surface area contributed by atoms with Crippen LogP contribution in [-0.4, -0.2) is 9.55 Å². The zero-order valence-electron chi connectivity index (χ0n) is 9.61. The lowest BCUT2D eigenvalue weighted by atomic mass is 9.97. The van der Waals surface area contributed by atoms with E-state index in [-0.39, 0.29) is 0 Å². The molecule has 0 radical (unpaired) electrons. The zero-order chi connectivity index (χ0) is 10.4. The molecule has 0 aliphatic rings. The molecule has 2 heteroatoms. The van der Waals surface area contributed by atoms with Crippen molar-refractivity contribution in [1.82, 2.24) is 9.55 Å².